The zero-order valence-electron chi connectivity index (χ0n) is 8.59. The Bertz CT molecular complexity index is 139. The van der Waals surface area contributed by atoms with E-state index in [0.29, 0.717) is 13.2 Å². The lowest BCUT2D eigenvalue weighted by atomic mass is 10.5. The molecule has 0 bridgehead atoms. The van der Waals surface area contributed by atoms with E-state index >= 15 is 0 Å². The first-order valence-electron chi connectivity index (χ1n) is 4.33. The molecule has 0 radical (unpaired) electrons. The second-order valence-electron chi connectivity index (χ2n) is 2.87. The minimum absolute atomic E-state index is 0.0615. The highest BCUT2D eigenvalue weighted by molar-refractivity contribution is 5.73. The van der Waals surface area contributed by atoms with Gasteiger partial charge >= 0.3 is 6.03 Å². The van der Waals surface area contributed by atoms with Gasteiger partial charge in [0.1, 0.15) is 0 Å². The van der Waals surface area contributed by atoms with E-state index in [2.05, 4.69) is 10.6 Å². The van der Waals surface area contributed by atoms with Crippen LogP contribution in [0, 0.1) is 0 Å². The van der Waals surface area contributed by atoms with E-state index in [1.807, 2.05) is 0 Å². The van der Waals surface area contributed by atoms with E-state index in [-0.39, 0.29) is 6.03 Å². The van der Waals surface area contributed by atoms with Gasteiger partial charge in [-0.1, -0.05) is 0 Å². The largest absolute Gasteiger partial charge is 0.383 e. The summed E-state index contributed by atoms with van der Waals surface area (Å²) in [5, 5.41) is 5.87. The Labute approximate surface area is 79.4 Å². The van der Waals surface area contributed by atoms with Crippen molar-refractivity contribution in [3.05, 3.63) is 0 Å². The number of carbonyl (C=O) groups is 1. The van der Waals surface area contributed by atoms with Gasteiger partial charge in [-0.25, -0.2) is 4.79 Å². The van der Waals surface area contributed by atoms with E-state index < -0.39 is 0 Å². The maximum Gasteiger partial charge on any atom is 0.316 e. The average molecular weight is 189 g/mol. The fourth-order valence-corrected chi connectivity index (χ4v) is 0.715. The Kier molecular flexibility index (Phi) is 7.33. The van der Waals surface area contributed by atoms with Crippen molar-refractivity contribution in [1.29, 1.82) is 0 Å². The number of hydrogen-bond acceptors (Lipinski definition) is 3. The van der Waals surface area contributed by atoms with Crippen molar-refractivity contribution in [1.82, 2.24) is 15.5 Å². The number of hydrogen-bond donors (Lipinski definition) is 2. The maximum absolute atomic E-state index is 11.0. The zero-order chi connectivity index (χ0) is 10.1. The Morgan fingerprint density at radius 3 is 2.54 bits per heavy atom. The summed E-state index contributed by atoms with van der Waals surface area (Å²) in [4.78, 5) is 12.5. The van der Waals surface area contributed by atoms with Crippen LogP contribution in [0.15, 0.2) is 0 Å². The first-order chi connectivity index (χ1) is 6.18. The van der Waals surface area contributed by atoms with Crippen LogP contribution < -0.4 is 10.6 Å². The van der Waals surface area contributed by atoms with Crippen molar-refractivity contribution in [2.45, 2.75) is 0 Å². The third-order valence-corrected chi connectivity index (χ3v) is 1.47. The molecule has 2 amide bonds. The molecule has 0 aliphatic rings. The molecule has 0 saturated heterocycles. The van der Waals surface area contributed by atoms with Crippen molar-refractivity contribution in [3.63, 3.8) is 0 Å². The Hall–Kier alpha value is -0.810. The number of nitrogens with one attached hydrogen (secondary N) is 2. The quantitative estimate of drug-likeness (QED) is 0.554. The Balaban J connectivity index is 3.12. The highest BCUT2D eigenvalue weighted by Crippen LogP contribution is 1.74. The molecule has 0 heterocycles. The molecular formula is C8H19N3O2. The summed E-state index contributed by atoms with van der Waals surface area (Å²) in [5.74, 6) is 0. The van der Waals surface area contributed by atoms with Crippen LogP contribution in [0.1, 0.15) is 0 Å². The predicted molar refractivity (Wildman–Crippen MR) is 51.8 cm³/mol. The molecular weight excluding hydrogens is 170 g/mol. The Morgan fingerprint density at radius 1 is 1.31 bits per heavy atom. The normalized spacial score (nSPS) is 9.77. The zero-order valence-corrected chi connectivity index (χ0v) is 8.59. The smallest absolute Gasteiger partial charge is 0.316 e. The molecule has 0 aromatic carbocycles. The molecule has 78 valence electrons. The predicted octanol–water partition coefficient (Wildman–Crippen LogP) is -0.506. The molecule has 5 heteroatoms. The van der Waals surface area contributed by atoms with Gasteiger partial charge in [-0.05, 0) is 0 Å². The van der Waals surface area contributed by atoms with Crippen molar-refractivity contribution in [2.75, 3.05) is 47.4 Å². The summed E-state index contributed by atoms with van der Waals surface area (Å²) in [5.41, 5.74) is 0. The van der Waals surface area contributed by atoms with Gasteiger partial charge < -0.3 is 20.3 Å². The van der Waals surface area contributed by atoms with Crippen molar-refractivity contribution >= 4 is 6.03 Å². The summed E-state index contributed by atoms with van der Waals surface area (Å²) < 4.78 is 4.85. The lowest BCUT2D eigenvalue weighted by molar-refractivity contribution is 0.199. The molecule has 0 aromatic rings. The van der Waals surface area contributed by atoms with Gasteiger partial charge in [0, 0.05) is 40.8 Å². The van der Waals surface area contributed by atoms with Gasteiger partial charge in [0.05, 0.1) is 6.61 Å². The lowest BCUT2D eigenvalue weighted by Crippen LogP contribution is -2.38. The van der Waals surface area contributed by atoms with E-state index in [1.54, 1.807) is 21.2 Å². The summed E-state index contributed by atoms with van der Waals surface area (Å²) in [7, 11) is 5.09. The first kappa shape index (κ1) is 12.2. The van der Waals surface area contributed by atoms with Gasteiger partial charge in [0.25, 0.3) is 0 Å². The highest BCUT2D eigenvalue weighted by Gasteiger charge is 1.99. The molecule has 13 heavy (non-hydrogen) atoms. The number of amides is 2. The van der Waals surface area contributed by atoms with Crippen LogP contribution in [0.5, 0.6) is 0 Å². The third-order valence-electron chi connectivity index (χ3n) is 1.47. The van der Waals surface area contributed by atoms with Gasteiger partial charge in [-0.2, -0.15) is 0 Å². The minimum Gasteiger partial charge on any atom is -0.383 e. The minimum atomic E-state index is -0.0615. The summed E-state index contributed by atoms with van der Waals surface area (Å²) in [6.45, 7) is 2.92. The summed E-state index contributed by atoms with van der Waals surface area (Å²) >= 11 is 0. The van der Waals surface area contributed by atoms with Crippen LogP contribution in [0.25, 0.3) is 0 Å². The summed E-state index contributed by atoms with van der Waals surface area (Å²) in [6, 6.07) is -0.0615. The number of rotatable bonds is 6. The van der Waals surface area contributed by atoms with E-state index in [0.717, 1.165) is 13.1 Å². The van der Waals surface area contributed by atoms with Crippen LogP contribution >= 0.6 is 0 Å². The second kappa shape index (κ2) is 7.82. The molecule has 0 rings (SSSR count). The third kappa shape index (κ3) is 7.55. The number of carbonyl (C=O) groups excluding carboxylic acids is 1. The monoisotopic (exact) mass is 189 g/mol. The maximum atomic E-state index is 11.0. The standard InChI is InChI=1S/C8H19N3O2/c1-11(2)8(12)10-5-4-9-6-7-13-3/h9H,4-7H2,1-3H3,(H,10,12). The topological polar surface area (TPSA) is 53.6 Å². The summed E-state index contributed by atoms with van der Waals surface area (Å²) in [6.07, 6.45) is 0. The molecule has 0 spiro atoms. The highest BCUT2D eigenvalue weighted by atomic mass is 16.5. The van der Waals surface area contributed by atoms with Crippen molar-refractivity contribution < 1.29 is 9.53 Å². The Morgan fingerprint density at radius 2 is 2.00 bits per heavy atom. The molecule has 5 nitrogen and oxygen atoms in total. The molecule has 0 saturated carbocycles. The fourth-order valence-electron chi connectivity index (χ4n) is 0.715. The van der Waals surface area contributed by atoms with E-state index in [1.165, 1.54) is 4.90 Å². The van der Waals surface area contributed by atoms with Crippen LogP contribution in [-0.2, 0) is 4.74 Å². The average Bonchev–Trinajstić information content (AvgIpc) is 2.10. The molecule has 2 N–H and O–H groups in total. The van der Waals surface area contributed by atoms with E-state index in [4.69, 9.17) is 4.74 Å². The van der Waals surface area contributed by atoms with Crippen LogP contribution in [-0.4, -0.2) is 58.4 Å². The SMILES string of the molecule is COCCNCCNC(=O)N(C)C. The number of nitrogens with zero attached hydrogens (tertiary/aromatic N) is 1. The van der Waals surface area contributed by atoms with Crippen LogP contribution in [0.3, 0.4) is 0 Å². The molecule has 0 fully saturated rings. The fraction of sp³-hybridized carbons (Fsp3) is 0.875. The molecule has 0 aliphatic heterocycles. The van der Waals surface area contributed by atoms with Gasteiger partial charge in [0.15, 0.2) is 0 Å². The van der Waals surface area contributed by atoms with E-state index in [9.17, 15) is 4.79 Å². The van der Waals surface area contributed by atoms with Gasteiger partial charge in [-0.3, -0.25) is 0 Å². The molecule has 0 aliphatic carbocycles. The second-order valence-corrected chi connectivity index (χ2v) is 2.87. The van der Waals surface area contributed by atoms with Crippen molar-refractivity contribution in [2.24, 2.45) is 0 Å². The number of ether oxygens (including phenoxy) is 1. The van der Waals surface area contributed by atoms with Crippen molar-refractivity contribution in [3.8, 4) is 0 Å². The first-order valence-corrected chi connectivity index (χ1v) is 4.33. The van der Waals surface area contributed by atoms with Crippen LogP contribution in [0.2, 0.25) is 0 Å². The van der Waals surface area contributed by atoms with Gasteiger partial charge in [0.2, 0.25) is 0 Å². The van der Waals surface area contributed by atoms with Gasteiger partial charge in [-0.15, -0.1) is 0 Å². The molecule has 0 atom stereocenters. The number of urea groups is 1. The lowest BCUT2D eigenvalue weighted by Gasteiger charge is -2.11. The molecule has 0 unspecified atom stereocenters. The van der Waals surface area contributed by atoms with Crippen LogP contribution in [0.4, 0.5) is 4.79 Å². The molecule has 0 aromatic heterocycles. The number of methoxy groups -OCH3 is 1.